The van der Waals surface area contributed by atoms with E-state index in [1.807, 2.05) is 26.8 Å². The summed E-state index contributed by atoms with van der Waals surface area (Å²) in [4.78, 5) is 25.9. The first-order chi connectivity index (χ1) is 20.5. The van der Waals surface area contributed by atoms with Crippen LogP contribution >= 0.6 is 0 Å². The van der Waals surface area contributed by atoms with Crippen molar-refractivity contribution >= 4 is 41.3 Å². The second kappa shape index (κ2) is 9.53. The first-order valence-corrected chi connectivity index (χ1v) is 14.8. The SMILES string of the molecule is CCOC(=O)C1C2CCC#Cc3cc4oc(=O)c(C=CC5=C6C(C)=CC(C)=[N+]6[B-](F)(F)n6c(C)cc(C)c65)cc4cc3C21. The Hall–Kier alpha value is -4.45. The third-order valence-corrected chi connectivity index (χ3v) is 9.24. The molecule has 1 aromatic carbocycles. The fourth-order valence-corrected chi connectivity index (χ4v) is 7.49. The van der Waals surface area contributed by atoms with E-state index in [1.54, 1.807) is 50.3 Å². The van der Waals surface area contributed by atoms with Gasteiger partial charge in [0.2, 0.25) is 0 Å². The minimum atomic E-state index is -4.08. The zero-order chi connectivity index (χ0) is 30.4. The Kier molecular flexibility index (Phi) is 6.07. The van der Waals surface area contributed by atoms with Crippen molar-refractivity contribution in [2.75, 3.05) is 6.61 Å². The van der Waals surface area contributed by atoms with Crippen molar-refractivity contribution in [3.05, 3.63) is 91.7 Å². The molecule has 1 saturated carbocycles. The first kappa shape index (κ1) is 27.4. The number of benzene rings is 1. The largest absolute Gasteiger partial charge is 0.737 e. The number of aryl methyl sites for hydroxylation is 2. The van der Waals surface area contributed by atoms with Crippen molar-refractivity contribution in [2.45, 2.75) is 53.4 Å². The lowest BCUT2D eigenvalue weighted by Crippen LogP contribution is -2.51. The average Bonchev–Trinajstić information content (AvgIpc) is 3.42. The highest BCUT2D eigenvalue weighted by Gasteiger charge is 2.57. The van der Waals surface area contributed by atoms with Crippen LogP contribution in [-0.2, 0) is 9.53 Å². The molecule has 2 aliphatic heterocycles. The van der Waals surface area contributed by atoms with Gasteiger partial charge in [-0.3, -0.25) is 4.79 Å². The van der Waals surface area contributed by atoms with Gasteiger partial charge in [0.05, 0.1) is 23.7 Å². The molecule has 3 aromatic rings. The second-order valence-electron chi connectivity index (χ2n) is 12.0. The quantitative estimate of drug-likeness (QED) is 0.156. The molecule has 6 nitrogen and oxygen atoms in total. The predicted molar refractivity (Wildman–Crippen MR) is 163 cm³/mol. The molecule has 0 spiro atoms. The summed E-state index contributed by atoms with van der Waals surface area (Å²) < 4.78 is 45.2. The predicted octanol–water partition coefficient (Wildman–Crippen LogP) is 6.34. The summed E-state index contributed by atoms with van der Waals surface area (Å²) in [6.45, 7) is 5.10. The summed E-state index contributed by atoms with van der Waals surface area (Å²) >= 11 is 0. The van der Waals surface area contributed by atoms with Gasteiger partial charge in [0, 0.05) is 47.6 Å². The summed E-state index contributed by atoms with van der Waals surface area (Å²) in [5.74, 6) is 6.18. The number of halogens is 2. The zero-order valence-electron chi connectivity index (χ0n) is 24.8. The van der Waals surface area contributed by atoms with E-state index in [-0.39, 0.29) is 23.7 Å². The number of esters is 1. The molecule has 0 N–H and O–H groups in total. The molecule has 0 amide bonds. The van der Waals surface area contributed by atoms with Gasteiger partial charge in [0.1, 0.15) is 11.3 Å². The van der Waals surface area contributed by atoms with Crippen LogP contribution in [0.1, 0.15) is 73.2 Å². The molecule has 4 heterocycles. The molecule has 3 unspecified atom stereocenters. The molecule has 1 fully saturated rings. The Morgan fingerprint density at radius 3 is 2.74 bits per heavy atom. The van der Waals surface area contributed by atoms with Crippen LogP contribution in [-0.4, -0.2) is 34.2 Å². The van der Waals surface area contributed by atoms with Crippen LogP contribution in [0, 0.1) is 37.5 Å². The number of fused-ring (bicyclic) bond motifs is 6. The third kappa shape index (κ3) is 4.03. The fraction of sp³-hybridized carbons (Fsp3) is 0.324. The van der Waals surface area contributed by atoms with Crippen LogP contribution < -0.4 is 5.63 Å². The van der Waals surface area contributed by atoms with E-state index in [1.165, 1.54) is 0 Å². The van der Waals surface area contributed by atoms with Gasteiger partial charge < -0.3 is 26.7 Å². The molecule has 43 heavy (non-hydrogen) atoms. The highest BCUT2D eigenvalue weighted by atomic mass is 19.2. The van der Waals surface area contributed by atoms with Gasteiger partial charge in [-0.1, -0.05) is 11.8 Å². The molecule has 218 valence electrons. The summed E-state index contributed by atoms with van der Waals surface area (Å²) in [5.41, 5.74) is 5.85. The van der Waals surface area contributed by atoms with Crippen molar-refractivity contribution in [1.82, 2.24) is 4.48 Å². The minimum Gasteiger partial charge on any atom is -0.466 e. The standard InChI is InChI=1S/C34H31BF2N2O4/c1-6-42-34(41)30-25-10-8-7-9-22-17-28-24(16-27(22)29(25)30)15-23(33(40)43-28)11-12-26-31-18(2)13-20(4)38(31)35(36,37)39-21(5)14-19(3)32(26)39/h11-17,25,29-30H,6,8,10H2,1-5H3. The molecular formula is C34H31BF2N2O4. The van der Waals surface area contributed by atoms with Gasteiger partial charge in [0.25, 0.3) is 0 Å². The number of rotatable bonds is 4. The fourth-order valence-electron chi connectivity index (χ4n) is 7.49. The topological polar surface area (TPSA) is 64.4 Å². The lowest BCUT2D eigenvalue weighted by molar-refractivity contribution is -0.363. The van der Waals surface area contributed by atoms with E-state index in [0.29, 0.717) is 57.9 Å². The van der Waals surface area contributed by atoms with Crippen LogP contribution in [0.5, 0.6) is 0 Å². The van der Waals surface area contributed by atoms with E-state index in [2.05, 4.69) is 11.8 Å². The number of carbonyl (C=O) groups excluding carboxylic acids is 1. The minimum absolute atomic E-state index is 0.0123. The third-order valence-electron chi connectivity index (χ3n) is 9.24. The van der Waals surface area contributed by atoms with Crippen molar-refractivity contribution in [1.29, 1.82) is 0 Å². The van der Waals surface area contributed by atoms with Gasteiger partial charge in [-0.25, -0.2) is 4.79 Å². The number of hydrogen-bond donors (Lipinski definition) is 0. The van der Waals surface area contributed by atoms with Gasteiger partial charge in [0.15, 0.2) is 5.70 Å². The number of allylic oxidation sites excluding steroid dienone is 4. The Bertz CT molecular complexity index is 2030. The van der Waals surface area contributed by atoms with Crippen molar-refractivity contribution in [3.8, 4) is 11.8 Å². The Labute approximate surface area is 248 Å². The average molecular weight is 580 g/mol. The Balaban J connectivity index is 1.35. The molecule has 4 aliphatic rings. The zero-order valence-corrected chi connectivity index (χ0v) is 24.8. The first-order valence-electron chi connectivity index (χ1n) is 14.8. The maximum absolute atomic E-state index is 15.9. The van der Waals surface area contributed by atoms with E-state index < -0.39 is 12.6 Å². The number of carbonyl (C=O) groups is 1. The monoisotopic (exact) mass is 580 g/mol. The van der Waals surface area contributed by atoms with Gasteiger partial charge >= 0.3 is 18.6 Å². The van der Waals surface area contributed by atoms with E-state index in [4.69, 9.17) is 9.15 Å². The molecule has 0 saturated heterocycles. The van der Waals surface area contributed by atoms with Gasteiger partial charge in [-0.05, 0) is 93.3 Å². The van der Waals surface area contributed by atoms with Crippen molar-refractivity contribution < 1.29 is 27.1 Å². The maximum Gasteiger partial charge on any atom is 0.737 e. The molecule has 9 heteroatoms. The van der Waals surface area contributed by atoms with Crippen LogP contribution in [0.3, 0.4) is 0 Å². The summed E-state index contributed by atoms with van der Waals surface area (Å²) in [5, 5.41) is 0.711. The van der Waals surface area contributed by atoms with Crippen molar-refractivity contribution in [3.63, 3.8) is 0 Å². The molecule has 0 bridgehead atoms. The number of hydrogen-bond acceptors (Lipinski definition) is 4. The molecule has 0 radical (unpaired) electrons. The summed E-state index contributed by atoms with van der Waals surface area (Å²) in [6.07, 6.45) is 6.68. The Morgan fingerprint density at radius 1 is 1.19 bits per heavy atom. The van der Waals surface area contributed by atoms with Crippen molar-refractivity contribution in [2.24, 2.45) is 11.8 Å². The van der Waals surface area contributed by atoms with E-state index >= 15 is 8.63 Å². The van der Waals surface area contributed by atoms with Gasteiger partial charge in [-0.15, -0.1) is 0 Å². The number of ether oxygens (including phenoxy) is 1. The van der Waals surface area contributed by atoms with E-state index in [0.717, 1.165) is 37.6 Å². The van der Waals surface area contributed by atoms with Gasteiger partial charge in [-0.2, -0.15) is 0 Å². The molecule has 2 aromatic heterocycles. The summed E-state index contributed by atoms with van der Waals surface area (Å²) in [6, 6.07) is 7.28. The molecule has 3 atom stereocenters. The smallest absolute Gasteiger partial charge is 0.466 e. The van der Waals surface area contributed by atoms with Crippen LogP contribution in [0.4, 0.5) is 8.63 Å². The number of nitrogens with zero attached hydrogens (tertiary/aromatic N) is 2. The lowest BCUT2D eigenvalue weighted by atomic mass is 9.86. The van der Waals surface area contributed by atoms with Crippen LogP contribution in [0.15, 0.2) is 56.9 Å². The Morgan fingerprint density at radius 2 is 1.98 bits per heavy atom. The molecular weight excluding hydrogens is 549 g/mol. The highest BCUT2D eigenvalue weighted by molar-refractivity contribution is 6.58. The van der Waals surface area contributed by atoms with E-state index in [9.17, 15) is 9.59 Å². The van der Waals surface area contributed by atoms with Crippen LogP contribution in [0.25, 0.3) is 22.6 Å². The summed E-state index contributed by atoms with van der Waals surface area (Å²) in [7, 11) is 0. The second-order valence-corrected chi connectivity index (χ2v) is 12.0. The lowest BCUT2D eigenvalue weighted by Gasteiger charge is -2.33. The highest BCUT2D eigenvalue weighted by Crippen LogP contribution is 2.58. The maximum atomic E-state index is 15.9. The van der Waals surface area contributed by atoms with Crippen LogP contribution in [0.2, 0.25) is 0 Å². The normalized spacial score (nSPS) is 23.1. The molecule has 7 rings (SSSR count). The number of aromatic nitrogens is 1. The molecule has 2 aliphatic carbocycles.